The van der Waals surface area contributed by atoms with Gasteiger partial charge in [0.25, 0.3) is 5.91 Å². The van der Waals surface area contributed by atoms with Crippen LogP contribution in [0.1, 0.15) is 10.4 Å². The predicted molar refractivity (Wildman–Crippen MR) is 126 cm³/mol. The van der Waals surface area contributed by atoms with Gasteiger partial charge < -0.3 is 24.6 Å². The minimum atomic E-state index is -0.227. The normalized spacial score (nSPS) is 15.7. The molecule has 0 spiro atoms. The number of halogens is 1. The Kier molecular flexibility index (Phi) is 5.83. The number of carbonyl (C=O) groups excluding carboxylic acids is 1. The van der Waals surface area contributed by atoms with Crippen molar-refractivity contribution in [2.24, 2.45) is 0 Å². The van der Waals surface area contributed by atoms with Crippen molar-refractivity contribution in [3.05, 3.63) is 71.4 Å². The average Bonchev–Trinajstić information content (AvgIpc) is 2.85. The third-order valence-corrected chi connectivity index (χ3v) is 5.88. The van der Waals surface area contributed by atoms with Crippen LogP contribution in [0.15, 0.2) is 60.8 Å². The number of nitrogens with one attached hydrogen (secondary N) is 1. The lowest BCUT2D eigenvalue weighted by molar-refractivity contribution is 0.102. The van der Waals surface area contributed by atoms with E-state index in [9.17, 15) is 4.79 Å². The van der Waals surface area contributed by atoms with Gasteiger partial charge in [0, 0.05) is 30.7 Å². The molecule has 3 aromatic rings. The molecule has 7 nitrogen and oxygen atoms in total. The zero-order valence-electron chi connectivity index (χ0n) is 17.5. The van der Waals surface area contributed by atoms with Crippen LogP contribution in [-0.4, -0.2) is 50.3 Å². The Balaban J connectivity index is 1.37. The van der Waals surface area contributed by atoms with Crippen LogP contribution in [-0.2, 0) is 4.74 Å². The molecule has 1 amide bonds. The van der Waals surface area contributed by atoms with Gasteiger partial charge in [0.2, 0.25) is 0 Å². The molecule has 3 heterocycles. The van der Waals surface area contributed by atoms with Crippen LogP contribution in [0.25, 0.3) is 0 Å². The summed E-state index contributed by atoms with van der Waals surface area (Å²) >= 11 is 6.37. The SMILES string of the molecule is O=C(Nc1ccc(N2CCOCC2)cc1)c1cccc2c1OCCN2c1ncccc1Cl. The number of carbonyl (C=O) groups is 1. The Morgan fingerprint density at radius 3 is 2.56 bits per heavy atom. The van der Waals surface area contributed by atoms with Crippen LogP contribution < -0.4 is 19.9 Å². The molecule has 0 atom stereocenters. The fourth-order valence-corrected chi connectivity index (χ4v) is 4.22. The molecule has 0 aliphatic carbocycles. The van der Waals surface area contributed by atoms with Gasteiger partial charge in [-0.3, -0.25) is 4.79 Å². The number of para-hydroxylation sites is 1. The number of morpholine rings is 1. The van der Waals surface area contributed by atoms with Crippen LogP contribution in [0.3, 0.4) is 0 Å². The van der Waals surface area contributed by atoms with Gasteiger partial charge in [0.05, 0.1) is 36.0 Å². The number of amides is 1. The Bertz CT molecular complexity index is 1120. The highest BCUT2D eigenvalue weighted by Crippen LogP contribution is 2.40. The third kappa shape index (κ3) is 4.09. The predicted octanol–water partition coefficient (Wildman–Crippen LogP) is 4.35. The Morgan fingerprint density at radius 2 is 1.78 bits per heavy atom. The van der Waals surface area contributed by atoms with Gasteiger partial charge >= 0.3 is 0 Å². The van der Waals surface area contributed by atoms with Crippen LogP contribution >= 0.6 is 11.6 Å². The minimum absolute atomic E-state index is 0.227. The third-order valence-electron chi connectivity index (χ3n) is 5.59. The van der Waals surface area contributed by atoms with Crippen LogP contribution in [0.2, 0.25) is 5.02 Å². The highest BCUT2D eigenvalue weighted by molar-refractivity contribution is 6.33. The first-order valence-electron chi connectivity index (χ1n) is 10.6. The van der Waals surface area contributed by atoms with E-state index in [1.54, 1.807) is 24.4 Å². The molecule has 164 valence electrons. The molecule has 8 heteroatoms. The molecule has 2 aromatic carbocycles. The van der Waals surface area contributed by atoms with E-state index in [1.165, 1.54) is 0 Å². The lowest BCUT2D eigenvalue weighted by atomic mass is 10.1. The van der Waals surface area contributed by atoms with Gasteiger partial charge in [0.1, 0.15) is 6.61 Å². The van der Waals surface area contributed by atoms with Gasteiger partial charge in [-0.05, 0) is 48.5 Å². The summed E-state index contributed by atoms with van der Waals surface area (Å²) in [6.45, 7) is 4.24. The molecule has 1 fully saturated rings. The summed E-state index contributed by atoms with van der Waals surface area (Å²) < 4.78 is 11.3. The maximum Gasteiger partial charge on any atom is 0.259 e. The fourth-order valence-electron chi connectivity index (χ4n) is 4.00. The number of rotatable bonds is 4. The number of pyridine rings is 1. The standard InChI is InChI=1S/C24H23ClN4O3/c25-20-4-2-10-26-23(20)29-13-16-32-22-19(3-1-5-21(22)29)24(30)27-17-6-8-18(9-7-17)28-11-14-31-15-12-28/h1-10H,11-16H2,(H,27,30). The van der Waals surface area contributed by atoms with Crippen molar-refractivity contribution in [3.63, 3.8) is 0 Å². The van der Waals surface area contributed by atoms with E-state index in [1.807, 2.05) is 41.3 Å². The number of hydrogen-bond acceptors (Lipinski definition) is 6. The number of benzene rings is 2. The number of fused-ring (bicyclic) bond motifs is 1. The van der Waals surface area contributed by atoms with Crippen molar-refractivity contribution in [1.82, 2.24) is 4.98 Å². The van der Waals surface area contributed by atoms with E-state index in [4.69, 9.17) is 21.1 Å². The molecule has 2 aliphatic heterocycles. The largest absolute Gasteiger partial charge is 0.489 e. The van der Waals surface area contributed by atoms with E-state index in [0.29, 0.717) is 35.3 Å². The quantitative estimate of drug-likeness (QED) is 0.637. The molecule has 0 bridgehead atoms. The molecule has 1 N–H and O–H groups in total. The van der Waals surface area contributed by atoms with Gasteiger partial charge in [-0.2, -0.15) is 0 Å². The maximum absolute atomic E-state index is 13.1. The van der Waals surface area contributed by atoms with Crippen molar-refractivity contribution in [3.8, 4) is 5.75 Å². The summed E-state index contributed by atoms with van der Waals surface area (Å²) in [6.07, 6.45) is 1.70. The summed E-state index contributed by atoms with van der Waals surface area (Å²) in [5.41, 5.74) is 3.09. The van der Waals surface area contributed by atoms with Crippen molar-refractivity contribution >= 4 is 40.4 Å². The lowest BCUT2D eigenvalue weighted by Gasteiger charge is -2.31. The summed E-state index contributed by atoms with van der Waals surface area (Å²) in [4.78, 5) is 21.8. The molecular weight excluding hydrogens is 428 g/mol. The van der Waals surface area contributed by atoms with Crippen LogP contribution in [0.5, 0.6) is 5.75 Å². The molecule has 2 aliphatic rings. The number of ether oxygens (including phenoxy) is 2. The number of nitrogens with zero attached hydrogens (tertiary/aromatic N) is 3. The highest BCUT2D eigenvalue weighted by atomic mass is 35.5. The van der Waals surface area contributed by atoms with E-state index in [-0.39, 0.29) is 5.91 Å². The number of anilines is 4. The minimum Gasteiger partial charge on any atom is -0.489 e. The first-order valence-corrected chi connectivity index (χ1v) is 11.0. The van der Waals surface area contributed by atoms with E-state index >= 15 is 0 Å². The van der Waals surface area contributed by atoms with Gasteiger partial charge in [0.15, 0.2) is 11.6 Å². The maximum atomic E-state index is 13.1. The molecule has 0 saturated carbocycles. The van der Waals surface area contributed by atoms with Crippen molar-refractivity contribution in [1.29, 1.82) is 0 Å². The Hall–Kier alpha value is -3.29. The van der Waals surface area contributed by atoms with Crippen molar-refractivity contribution in [2.45, 2.75) is 0 Å². The first-order chi connectivity index (χ1) is 15.7. The Morgan fingerprint density at radius 1 is 0.969 bits per heavy atom. The van der Waals surface area contributed by atoms with Crippen LogP contribution in [0.4, 0.5) is 22.9 Å². The first kappa shape index (κ1) is 20.6. The van der Waals surface area contributed by atoms with Crippen molar-refractivity contribution < 1.29 is 14.3 Å². The zero-order chi connectivity index (χ0) is 21.9. The van der Waals surface area contributed by atoms with E-state index < -0.39 is 0 Å². The molecule has 1 saturated heterocycles. The lowest BCUT2D eigenvalue weighted by Crippen LogP contribution is -2.36. The molecule has 5 rings (SSSR count). The highest BCUT2D eigenvalue weighted by Gasteiger charge is 2.26. The van der Waals surface area contributed by atoms with Crippen molar-refractivity contribution in [2.75, 3.05) is 54.6 Å². The number of aromatic nitrogens is 1. The van der Waals surface area contributed by atoms with E-state index in [2.05, 4.69) is 15.2 Å². The van der Waals surface area contributed by atoms with Gasteiger partial charge in [-0.25, -0.2) is 4.98 Å². The fraction of sp³-hybridized carbons (Fsp3) is 0.250. The molecule has 0 radical (unpaired) electrons. The summed E-state index contributed by atoms with van der Waals surface area (Å²) in [5, 5.41) is 3.53. The molecular formula is C24H23ClN4O3. The second-order valence-electron chi connectivity index (χ2n) is 7.56. The van der Waals surface area contributed by atoms with Crippen LogP contribution in [0, 0.1) is 0 Å². The topological polar surface area (TPSA) is 66.9 Å². The smallest absolute Gasteiger partial charge is 0.259 e. The van der Waals surface area contributed by atoms with Gasteiger partial charge in [-0.15, -0.1) is 0 Å². The summed E-state index contributed by atoms with van der Waals surface area (Å²) in [7, 11) is 0. The second-order valence-corrected chi connectivity index (χ2v) is 7.97. The Labute approximate surface area is 191 Å². The number of hydrogen-bond donors (Lipinski definition) is 1. The van der Waals surface area contributed by atoms with Gasteiger partial charge in [-0.1, -0.05) is 17.7 Å². The summed E-state index contributed by atoms with van der Waals surface area (Å²) in [5.74, 6) is 0.952. The monoisotopic (exact) mass is 450 g/mol. The average molecular weight is 451 g/mol. The second kappa shape index (κ2) is 9.06. The molecule has 1 aromatic heterocycles. The van der Waals surface area contributed by atoms with E-state index in [0.717, 1.165) is 43.4 Å². The summed E-state index contributed by atoms with van der Waals surface area (Å²) in [6, 6.07) is 17.0. The zero-order valence-corrected chi connectivity index (χ0v) is 18.2. The molecule has 0 unspecified atom stereocenters. The molecule has 32 heavy (non-hydrogen) atoms.